The van der Waals surface area contributed by atoms with Crippen LogP contribution in [0.25, 0.3) is 10.9 Å². The molecule has 0 aliphatic carbocycles. The van der Waals surface area contributed by atoms with E-state index in [0.29, 0.717) is 22.9 Å². The van der Waals surface area contributed by atoms with E-state index < -0.39 is 24.7 Å². The lowest BCUT2D eigenvalue weighted by Gasteiger charge is -2.23. The Bertz CT molecular complexity index is 1120. The summed E-state index contributed by atoms with van der Waals surface area (Å²) in [4.78, 5) is 30.5. The zero-order valence-electron chi connectivity index (χ0n) is 16.1. The van der Waals surface area contributed by atoms with E-state index in [1.165, 1.54) is 34.9 Å². The van der Waals surface area contributed by atoms with Crippen molar-refractivity contribution in [3.05, 3.63) is 60.3 Å². The second kappa shape index (κ2) is 8.54. The van der Waals surface area contributed by atoms with Crippen molar-refractivity contribution < 1.29 is 27.5 Å². The maximum Gasteiger partial charge on any atom is 0.422 e. The number of H-pyrrole nitrogens is 1. The Morgan fingerprint density at radius 3 is 2.81 bits per heavy atom. The molecule has 1 aliphatic rings. The summed E-state index contributed by atoms with van der Waals surface area (Å²) in [5.41, 5.74) is 1.61. The molecule has 6 nitrogen and oxygen atoms in total. The fourth-order valence-corrected chi connectivity index (χ4v) is 4.47. The van der Waals surface area contributed by atoms with Gasteiger partial charge in [-0.1, -0.05) is 24.3 Å². The molecule has 0 spiro atoms. The van der Waals surface area contributed by atoms with E-state index in [0.717, 1.165) is 10.9 Å². The second-order valence-electron chi connectivity index (χ2n) is 6.96. The second-order valence-corrected chi connectivity index (χ2v) is 7.96. The van der Waals surface area contributed by atoms with Gasteiger partial charge in [-0.2, -0.15) is 13.2 Å². The van der Waals surface area contributed by atoms with E-state index in [9.17, 15) is 22.8 Å². The van der Waals surface area contributed by atoms with Gasteiger partial charge in [0.2, 0.25) is 5.91 Å². The smallest absolute Gasteiger partial charge is 0.422 e. The molecule has 10 heteroatoms. The van der Waals surface area contributed by atoms with E-state index in [-0.39, 0.29) is 11.7 Å². The minimum absolute atomic E-state index is 0.0114. The summed E-state index contributed by atoms with van der Waals surface area (Å²) in [6.07, 6.45) is -2.82. The number of benzene rings is 2. The number of carbonyl (C=O) groups excluding carboxylic acids is 2. The van der Waals surface area contributed by atoms with Crippen molar-refractivity contribution in [3.8, 4) is 5.75 Å². The van der Waals surface area contributed by atoms with Crippen LogP contribution >= 0.6 is 11.8 Å². The Kier molecular flexibility index (Phi) is 5.81. The molecule has 31 heavy (non-hydrogen) atoms. The maximum absolute atomic E-state index is 13.1. The number of hydrogen-bond acceptors (Lipinski definition) is 4. The standard InChI is InChI=1S/C21H18F3N3O3S/c22-21(23,24)11-30-14-5-3-4-13(8-14)26-19(28)18-10-31-12-27(18)20(29)16-9-25-17-7-2-1-6-15(16)17/h1-9,18,25H,10-12H2,(H,26,28). The van der Waals surface area contributed by atoms with E-state index in [1.54, 1.807) is 12.3 Å². The Morgan fingerprint density at radius 2 is 2.00 bits per heavy atom. The molecule has 1 aromatic heterocycles. The molecule has 4 rings (SSSR count). The first-order chi connectivity index (χ1) is 14.8. The monoisotopic (exact) mass is 449 g/mol. The molecule has 1 aliphatic heterocycles. The highest BCUT2D eigenvalue weighted by molar-refractivity contribution is 7.99. The molecule has 0 bridgehead atoms. The van der Waals surface area contributed by atoms with E-state index in [2.05, 4.69) is 10.3 Å². The van der Waals surface area contributed by atoms with Gasteiger partial charge in [0, 0.05) is 34.6 Å². The number of rotatable bonds is 5. The van der Waals surface area contributed by atoms with Crippen molar-refractivity contribution >= 4 is 40.2 Å². The maximum atomic E-state index is 13.1. The molecule has 2 N–H and O–H groups in total. The van der Waals surface area contributed by atoms with Crippen molar-refractivity contribution in [2.45, 2.75) is 12.2 Å². The van der Waals surface area contributed by atoms with Crippen molar-refractivity contribution in [1.29, 1.82) is 0 Å². The third-order valence-corrected chi connectivity index (χ3v) is 5.78. The first kappa shape index (κ1) is 21.1. The quantitative estimate of drug-likeness (QED) is 0.610. The molecule has 1 fully saturated rings. The Hall–Kier alpha value is -3.14. The van der Waals surface area contributed by atoms with Crippen molar-refractivity contribution in [2.24, 2.45) is 0 Å². The first-order valence-electron chi connectivity index (χ1n) is 9.37. The summed E-state index contributed by atoms with van der Waals surface area (Å²) in [5.74, 6) is 0.105. The number of thioether (sulfide) groups is 1. The van der Waals surface area contributed by atoms with Gasteiger partial charge >= 0.3 is 6.18 Å². The Labute approximate surface area is 179 Å². The summed E-state index contributed by atoms with van der Waals surface area (Å²) < 4.78 is 41.8. The van der Waals surface area contributed by atoms with Crippen molar-refractivity contribution in [3.63, 3.8) is 0 Å². The summed E-state index contributed by atoms with van der Waals surface area (Å²) in [6, 6.07) is 12.4. The molecule has 162 valence electrons. The van der Waals surface area contributed by atoms with E-state index in [1.807, 2.05) is 24.3 Å². The summed E-state index contributed by atoms with van der Waals surface area (Å²) in [7, 11) is 0. The lowest BCUT2D eigenvalue weighted by Crippen LogP contribution is -2.44. The molecule has 3 aromatic rings. The third kappa shape index (κ3) is 4.79. The van der Waals surface area contributed by atoms with Crippen LogP contribution in [-0.4, -0.2) is 52.2 Å². The van der Waals surface area contributed by atoms with Crippen LogP contribution in [0.4, 0.5) is 18.9 Å². The average molecular weight is 449 g/mol. The Morgan fingerprint density at radius 1 is 1.19 bits per heavy atom. The zero-order valence-corrected chi connectivity index (χ0v) is 16.9. The minimum Gasteiger partial charge on any atom is -0.484 e. The number of nitrogens with zero attached hydrogens (tertiary/aromatic N) is 1. The van der Waals surface area contributed by atoms with Crippen molar-refractivity contribution in [2.75, 3.05) is 23.6 Å². The minimum atomic E-state index is -4.45. The van der Waals surface area contributed by atoms with Gasteiger partial charge in [-0.3, -0.25) is 9.59 Å². The molecule has 1 atom stereocenters. The molecule has 2 heterocycles. The molecule has 1 saturated heterocycles. The molecule has 2 aromatic carbocycles. The van der Waals surface area contributed by atoms with Gasteiger partial charge in [0.15, 0.2) is 6.61 Å². The number of fused-ring (bicyclic) bond motifs is 1. The van der Waals surface area contributed by atoms with Gasteiger partial charge in [-0.15, -0.1) is 11.8 Å². The largest absolute Gasteiger partial charge is 0.484 e. The number of aromatic amines is 1. The third-order valence-electron chi connectivity index (χ3n) is 4.77. The number of hydrogen-bond donors (Lipinski definition) is 2. The number of para-hydroxylation sites is 1. The number of ether oxygens (including phenoxy) is 1. The first-order valence-corrected chi connectivity index (χ1v) is 10.5. The van der Waals surface area contributed by atoms with Gasteiger partial charge in [-0.05, 0) is 18.2 Å². The molecular weight excluding hydrogens is 431 g/mol. The lowest BCUT2D eigenvalue weighted by molar-refractivity contribution is -0.153. The molecule has 0 radical (unpaired) electrons. The normalized spacial score (nSPS) is 16.5. The van der Waals surface area contributed by atoms with Gasteiger partial charge in [-0.25, -0.2) is 0 Å². The number of aromatic nitrogens is 1. The van der Waals surface area contributed by atoms with Crippen LogP contribution in [-0.2, 0) is 4.79 Å². The number of carbonyl (C=O) groups is 2. The number of alkyl halides is 3. The highest BCUT2D eigenvalue weighted by Gasteiger charge is 2.36. The molecular formula is C21H18F3N3O3S. The van der Waals surface area contributed by atoms with E-state index in [4.69, 9.17) is 4.74 Å². The van der Waals surface area contributed by atoms with E-state index >= 15 is 0 Å². The van der Waals surface area contributed by atoms with Crippen LogP contribution in [0.2, 0.25) is 0 Å². The number of nitrogens with one attached hydrogen (secondary N) is 2. The number of anilines is 1. The van der Waals surface area contributed by atoms with Crippen LogP contribution in [0.5, 0.6) is 5.75 Å². The predicted molar refractivity (Wildman–Crippen MR) is 112 cm³/mol. The summed E-state index contributed by atoms with van der Waals surface area (Å²) in [6.45, 7) is -1.42. The average Bonchev–Trinajstić information content (AvgIpc) is 3.39. The number of amides is 2. The van der Waals surface area contributed by atoms with Crippen molar-refractivity contribution in [1.82, 2.24) is 9.88 Å². The fraction of sp³-hybridized carbons (Fsp3) is 0.238. The molecule has 1 unspecified atom stereocenters. The van der Waals surface area contributed by atoms with Crippen LogP contribution in [0, 0.1) is 0 Å². The predicted octanol–water partition coefficient (Wildman–Crippen LogP) is 4.26. The topological polar surface area (TPSA) is 74.4 Å². The van der Waals surface area contributed by atoms with Crippen LogP contribution in [0.15, 0.2) is 54.7 Å². The molecule has 0 saturated carbocycles. The highest BCUT2D eigenvalue weighted by Crippen LogP contribution is 2.28. The number of halogens is 3. The van der Waals surface area contributed by atoms with Gasteiger partial charge in [0.1, 0.15) is 11.8 Å². The fourth-order valence-electron chi connectivity index (χ4n) is 3.32. The van der Waals surface area contributed by atoms with Crippen LogP contribution in [0.3, 0.4) is 0 Å². The van der Waals surface area contributed by atoms with Gasteiger partial charge in [0.25, 0.3) is 5.91 Å². The SMILES string of the molecule is O=C(Nc1cccc(OCC(F)(F)F)c1)C1CSCN1C(=O)c1c[nH]c2ccccc12. The highest BCUT2D eigenvalue weighted by atomic mass is 32.2. The zero-order chi connectivity index (χ0) is 22.0. The summed E-state index contributed by atoms with van der Waals surface area (Å²) in [5, 5.41) is 3.45. The van der Waals surface area contributed by atoms with Crippen LogP contribution < -0.4 is 10.1 Å². The summed E-state index contributed by atoms with van der Waals surface area (Å²) >= 11 is 1.46. The van der Waals surface area contributed by atoms with Gasteiger partial charge < -0.3 is 19.9 Å². The lowest BCUT2D eigenvalue weighted by atomic mass is 10.1. The molecule has 2 amide bonds. The van der Waals surface area contributed by atoms with Gasteiger partial charge in [0.05, 0.1) is 11.4 Å². The Balaban J connectivity index is 1.46. The van der Waals surface area contributed by atoms with Crippen LogP contribution in [0.1, 0.15) is 10.4 Å².